The molecule has 0 amide bonds. The smallest absolute Gasteiger partial charge is 0.0661 e. The molecule has 0 spiro atoms. The van der Waals surface area contributed by atoms with Gasteiger partial charge < -0.3 is 4.57 Å². The van der Waals surface area contributed by atoms with Gasteiger partial charge >= 0.3 is 0 Å². The Morgan fingerprint density at radius 1 is 1.00 bits per heavy atom. The van der Waals surface area contributed by atoms with E-state index in [1.54, 1.807) is 0 Å². The maximum Gasteiger partial charge on any atom is 0.0661 e. The summed E-state index contributed by atoms with van der Waals surface area (Å²) in [6.07, 6.45) is 3.09. The third-order valence-electron chi connectivity index (χ3n) is 3.60. The minimum absolute atomic E-state index is 0.332. The molecule has 0 saturated carbocycles. The SMILES string of the molecule is CCC(c1ccccc1)n1cc(Cl)c2ccccc21. The van der Waals surface area contributed by atoms with E-state index in [0.717, 1.165) is 16.8 Å². The zero-order chi connectivity index (χ0) is 13.2. The van der Waals surface area contributed by atoms with Crippen LogP contribution in [0, 0.1) is 0 Å². The van der Waals surface area contributed by atoms with E-state index in [1.165, 1.54) is 11.1 Å². The van der Waals surface area contributed by atoms with Crippen LogP contribution in [-0.2, 0) is 0 Å². The number of para-hydroxylation sites is 1. The molecular formula is C17H16ClN. The van der Waals surface area contributed by atoms with E-state index in [2.05, 4.69) is 60.0 Å². The highest BCUT2D eigenvalue weighted by atomic mass is 35.5. The second-order valence-electron chi connectivity index (χ2n) is 4.74. The molecule has 0 fully saturated rings. The van der Waals surface area contributed by atoms with Gasteiger partial charge in [-0.2, -0.15) is 0 Å². The third-order valence-corrected chi connectivity index (χ3v) is 3.90. The summed E-state index contributed by atoms with van der Waals surface area (Å²) in [4.78, 5) is 0. The Morgan fingerprint density at radius 3 is 2.42 bits per heavy atom. The van der Waals surface area contributed by atoms with Crippen LogP contribution in [0.15, 0.2) is 60.8 Å². The molecule has 1 nitrogen and oxygen atoms in total. The molecule has 1 atom stereocenters. The van der Waals surface area contributed by atoms with Crippen LogP contribution in [0.25, 0.3) is 10.9 Å². The Bertz CT molecular complexity index is 685. The number of benzene rings is 2. The highest BCUT2D eigenvalue weighted by Gasteiger charge is 2.15. The lowest BCUT2D eigenvalue weighted by molar-refractivity contribution is 0.585. The molecule has 2 heteroatoms. The molecule has 0 aliphatic heterocycles. The molecule has 0 N–H and O–H groups in total. The van der Waals surface area contributed by atoms with Crippen molar-refractivity contribution in [2.45, 2.75) is 19.4 Å². The second-order valence-corrected chi connectivity index (χ2v) is 5.14. The average Bonchev–Trinajstić information content (AvgIpc) is 2.79. The number of aromatic nitrogens is 1. The zero-order valence-electron chi connectivity index (χ0n) is 10.9. The molecule has 1 aromatic heterocycles. The molecule has 19 heavy (non-hydrogen) atoms. The minimum Gasteiger partial charge on any atom is -0.338 e. The number of halogens is 1. The Labute approximate surface area is 118 Å². The van der Waals surface area contributed by atoms with Gasteiger partial charge in [-0.1, -0.05) is 67.1 Å². The van der Waals surface area contributed by atoms with E-state index in [0.29, 0.717) is 6.04 Å². The van der Waals surface area contributed by atoms with Gasteiger partial charge in [-0.25, -0.2) is 0 Å². The van der Waals surface area contributed by atoms with Crippen LogP contribution in [-0.4, -0.2) is 4.57 Å². The van der Waals surface area contributed by atoms with Crippen molar-refractivity contribution < 1.29 is 0 Å². The fourth-order valence-electron chi connectivity index (χ4n) is 2.69. The summed E-state index contributed by atoms with van der Waals surface area (Å²) in [5.41, 5.74) is 2.52. The first-order chi connectivity index (χ1) is 9.31. The summed E-state index contributed by atoms with van der Waals surface area (Å²) >= 11 is 6.35. The van der Waals surface area contributed by atoms with Crippen molar-refractivity contribution in [1.82, 2.24) is 4.57 Å². The lowest BCUT2D eigenvalue weighted by Crippen LogP contribution is -2.08. The highest BCUT2D eigenvalue weighted by molar-refractivity contribution is 6.35. The van der Waals surface area contributed by atoms with Crippen LogP contribution < -0.4 is 0 Å². The Hall–Kier alpha value is -1.73. The van der Waals surface area contributed by atoms with Crippen molar-refractivity contribution in [3.05, 3.63) is 71.4 Å². The largest absolute Gasteiger partial charge is 0.338 e. The summed E-state index contributed by atoms with van der Waals surface area (Å²) < 4.78 is 2.28. The Balaban J connectivity index is 2.17. The van der Waals surface area contributed by atoms with E-state index in [4.69, 9.17) is 11.6 Å². The lowest BCUT2D eigenvalue weighted by atomic mass is 10.0. The summed E-state index contributed by atoms with van der Waals surface area (Å²) in [5.74, 6) is 0. The molecule has 1 unspecified atom stereocenters. The number of nitrogens with zero attached hydrogens (tertiary/aromatic N) is 1. The first-order valence-corrected chi connectivity index (χ1v) is 6.99. The molecule has 0 saturated heterocycles. The van der Waals surface area contributed by atoms with Crippen molar-refractivity contribution in [3.63, 3.8) is 0 Å². The van der Waals surface area contributed by atoms with Crippen LogP contribution in [0.5, 0.6) is 0 Å². The number of hydrogen-bond acceptors (Lipinski definition) is 0. The topological polar surface area (TPSA) is 4.93 Å². The molecular weight excluding hydrogens is 254 g/mol. The average molecular weight is 270 g/mol. The summed E-state index contributed by atoms with van der Waals surface area (Å²) in [5, 5.41) is 1.95. The quantitative estimate of drug-likeness (QED) is 0.608. The number of hydrogen-bond donors (Lipinski definition) is 0. The van der Waals surface area contributed by atoms with Crippen molar-refractivity contribution in [2.75, 3.05) is 0 Å². The molecule has 96 valence electrons. The number of rotatable bonds is 3. The molecule has 0 aliphatic carbocycles. The van der Waals surface area contributed by atoms with Crippen molar-refractivity contribution in [3.8, 4) is 0 Å². The normalized spacial score (nSPS) is 12.7. The standard InChI is InChI=1S/C17H16ClN/c1-2-16(13-8-4-3-5-9-13)19-12-15(18)14-10-6-7-11-17(14)19/h3-12,16H,2H2,1H3. The van der Waals surface area contributed by atoms with Gasteiger partial charge in [0.2, 0.25) is 0 Å². The predicted octanol–water partition coefficient (Wildman–Crippen LogP) is 5.29. The summed E-state index contributed by atoms with van der Waals surface area (Å²) in [7, 11) is 0. The van der Waals surface area contributed by atoms with Gasteiger partial charge in [0.05, 0.1) is 16.6 Å². The van der Waals surface area contributed by atoms with Crippen molar-refractivity contribution >= 4 is 22.5 Å². The van der Waals surface area contributed by atoms with Crippen molar-refractivity contribution in [2.24, 2.45) is 0 Å². The molecule has 1 heterocycles. The van der Waals surface area contributed by atoms with E-state index >= 15 is 0 Å². The Kier molecular flexibility index (Phi) is 3.31. The van der Waals surface area contributed by atoms with Crippen LogP contribution in [0.2, 0.25) is 5.02 Å². The first-order valence-electron chi connectivity index (χ1n) is 6.61. The first kappa shape index (κ1) is 12.3. The summed E-state index contributed by atoms with van der Waals surface area (Å²) in [6.45, 7) is 2.21. The van der Waals surface area contributed by atoms with Crippen molar-refractivity contribution in [1.29, 1.82) is 0 Å². The maximum absolute atomic E-state index is 6.35. The molecule has 0 aliphatic rings. The Morgan fingerprint density at radius 2 is 1.68 bits per heavy atom. The molecule has 3 rings (SSSR count). The molecule has 3 aromatic rings. The lowest BCUT2D eigenvalue weighted by Gasteiger charge is -2.19. The molecule has 0 radical (unpaired) electrons. The van der Waals surface area contributed by atoms with Gasteiger partial charge in [0, 0.05) is 11.6 Å². The van der Waals surface area contributed by atoms with Crippen LogP contribution >= 0.6 is 11.6 Å². The van der Waals surface area contributed by atoms with Crippen LogP contribution in [0.4, 0.5) is 0 Å². The minimum atomic E-state index is 0.332. The summed E-state index contributed by atoms with van der Waals surface area (Å²) in [6, 6.07) is 19.2. The predicted molar refractivity (Wildman–Crippen MR) is 81.8 cm³/mol. The maximum atomic E-state index is 6.35. The van der Waals surface area contributed by atoms with E-state index in [1.807, 2.05) is 12.3 Å². The van der Waals surface area contributed by atoms with Gasteiger partial charge in [-0.3, -0.25) is 0 Å². The molecule has 2 aromatic carbocycles. The fraction of sp³-hybridized carbons (Fsp3) is 0.176. The fourth-order valence-corrected chi connectivity index (χ4v) is 2.95. The molecule has 0 bridgehead atoms. The monoisotopic (exact) mass is 269 g/mol. The van der Waals surface area contributed by atoms with Gasteiger partial charge in [-0.15, -0.1) is 0 Å². The van der Waals surface area contributed by atoms with Gasteiger partial charge in [0.1, 0.15) is 0 Å². The number of fused-ring (bicyclic) bond motifs is 1. The van der Waals surface area contributed by atoms with E-state index < -0.39 is 0 Å². The second kappa shape index (κ2) is 5.10. The van der Waals surface area contributed by atoms with E-state index in [-0.39, 0.29) is 0 Å². The van der Waals surface area contributed by atoms with E-state index in [9.17, 15) is 0 Å². The zero-order valence-corrected chi connectivity index (χ0v) is 11.6. The van der Waals surface area contributed by atoms with Crippen LogP contribution in [0.3, 0.4) is 0 Å². The highest BCUT2D eigenvalue weighted by Crippen LogP contribution is 2.32. The van der Waals surface area contributed by atoms with Gasteiger partial charge in [0.15, 0.2) is 0 Å². The third kappa shape index (κ3) is 2.15. The van der Waals surface area contributed by atoms with Gasteiger partial charge in [0.25, 0.3) is 0 Å². The van der Waals surface area contributed by atoms with Crippen LogP contribution in [0.1, 0.15) is 24.9 Å². The van der Waals surface area contributed by atoms with Gasteiger partial charge in [-0.05, 0) is 18.1 Å².